The van der Waals surface area contributed by atoms with Crippen molar-refractivity contribution in [1.29, 1.82) is 0 Å². The molecule has 35 heavy (non-hydrogen) atoms. The number of nitrogens with two attached hydrogens (primary N) is 1. The van der Waals surface area contributed by atoms with Crippen molar-refractivity contribution in [3.05, 3.63) is 36.2 Å². The number of benzene rings is 1. The van der Waals surface area contributed by atoms with Crippen LogP contribution >= 0.6 is 0 Å². The zero-order valence-corrected chi connectivity index (χ0v) is 20.1. The highest BCUT2D eigenvalue weighted by atomic mass is 32.2. The molecule has 4 aliphatic carbocycles. The Kier molecular flexibility index (Phi) is 6.72. The van der Waals surface area contributed by atoms with Crippen LogP contribution in [0.3, 0.4) is 0 Å². The number of hydrogen-bond donors (Lipinski definition) is 2. The maximum absolute atomic E-state index is 13.3. The average molecular weight is 519 g/mol. The van der Waals surface area contributed by atoms with Gasteiger partial charge in [-0.15, -0.1) is 0 Å². The Hall–Kier alpha value is -2.14. The molecule has 0 aliphatic heterocycles. The zero-order valence-electron chi connectivity index (χ0n) is 19.3. The summed E-state index contributed by atoms with van der Waals surface area (Å²) in [5, 5.41) is 2.72. The molecule has 0 aromatic heterocycles. The summed E-state index contributed by atoms with van der Waals surface area (Å²) in [6.45, 7) is -0.0240. The second kappa shape index (κ2) is 9.06. The van der Waals surface area contributed by atoms with Crippen LogP contribution in [0.2, 0.25) is 0 Å². The maximum Gasteiger partial charge on any atom is 0.403 e. The monoisotopic (exact) mass is 518 g/mol. The molecule has 1 aromatic carbocycles. The van der Waals surface area contributed by atoms with Gasteiger partial charge < -0.3 is 15.8 Å². The minimum absolute atomic E-state index is 0.0131. The maximum atomic E-state index is 13.3. The van der Waals surface area contributed by atoms with E-state index in [1.165, 1.54) is 24.3 Å². The molecule has 3 N–H and O–H groups in total. The van der Waals surface area contributed by atoms with Crippen molar-refractivity contribution in [3.8, 4) is 5.75 Å². The highest BCUT2D eigenvalue weighted by Gasteiger charge is 2.69. The van der Waals surface area contributed by atoms with Crippen molar-refractivity contribution in [2.75, 3.05) is 18.9 Å². The molecule has 1 aromatic rings. The Morgan fingerprint density at radius 2 is 1.60 bits per heavy atom. The van der Waals surface area contributed by atoms with Crippen molar-refractivity contribution in [2.24, 2.45) is 16.6 Å². The quantitative estimate of drug-likeness (QED) is 0.478. The fraction of sp³-hybridized carbons (Fsp3) is 0.625. The highest BCUT2D eigenvalue weighted by molar-refractivity contribution is 7.91. The second-order valence-corrected chi connectivity index (χ2v) is 12.3. The lowest BCUT2D eigenvalue weighted by Gasteiger charge is -2.53. The van der Waals surface area contributed by atoms with Gasteiger partial charge in [0.05, 0.1) is 17.0 Å². The third-order valence-corrected chi connectivity index (χ3v) is 10.0. The number of fused-ring (bicyclic) bond motifs is 3. The van der Waals surface area contributed by atoms with Crippen LogP contribution in [0.25, 0.3) is 0 Å². The number of rotatable bonds is 9. The van der Waals surface area contributed by atoms with Gasteiger partial charge in [-0.2, -0.15) is 13.2 Å². The Labute approximate surface area is 202 Å². The molecule has 6 nitrogen and oxygen atoms in total. The molecular formula is C24H30F4N2O4S. The van der Waals surface area contributed by atoms with Crippen LogP contribution in [-0.4, -0.2) is 44.9 Å². The lowest BCUT2D eigenvalue weighted by atomic mass is 9.58. The van der Waals surface area contributed by atoms with Crippen molar-refractivity contribution >= 4 is 15.7 Å². The van der Waals surface area contributed by atoms with Crippen LogP contribution in [-0.2, 0) is 14.6 Å². The van der Waals surface area contributed by atoms with E-state index in [0.29, 0.717) is 50.6 Å². The SMILES string of the molecule is NC/C(=C\F)COc1ccc(S(=O)(=O)CC23CCC(NC(=O)C4(C(F)(F)F)CC4)(CC2)CC3)cc1. The van der Waals surface area contributed by atoms with Gasteiger partial charge in [0, 0.05) is 17.7 Å². The number of sulfone groups is 1. The van der Waals surface area contributed by atoms with Gasteiger partial charge in [0.2, 0.25) is 5.91 Å². The molecule has 194 valence electrons. The molecule has 2 bridgehead atoms. The fourth-order valence-electron chi connectivity index (χ4n) is 5.33. The van der Waals surface area contributed by atoms with Crippen LogP contribution in [0.1, 0.15) is 51.4 Å². The van der Waals surface area contributed by atoms with Gasteiger partial charge in [-0.1, -0.05) is 0 Å². The number of amides is 1. The summed E-state index contributed by atoms with van der Waals surface area (Å²) in [4.78, 5) is 12.6. The third kappa shape index (κ3) is 5.07. The molecule has 5 rings (SSSR count). The lowest BCUT2D eigenvalue weighted by Crippen LogP contribution is -2.60. The largest absolute Gasteiger partial charge is 0.489 e. The van der Waals surface area contributed by atoms with E-state index in [0.717, 1.165) is 0 Å². The van der Waals surface area contributed by atoms with Gasteiger partial charge in [-0.05, 0) is 81.0 Å². The van der Waals surface area contributed by atoms with Crippen molar-refractivity contribution < 1.29 is 35.5 Å². The predicted octanol–water partition coefficient (Wildman–Crippen LogP) is 4.20. The summed E-state index contributed by atoms with van der Waals surface area (Å²) in [6.07, 6.45) is -1.50. The number of carbonyl (C=O) groups excluding carboxylic acids is 1. The molecule has 0 unspecified atom stereocenters. The molecule has 4 fully saturated rings. The Balaban J connectivity index is 1.37. The van der Waals surface area contributed by atoms with Crippen LogP contribution in [0.5, 0.6) is 5.75 Å². The highest BCUT2D eigenvalue weighted by Crippen LogP contribution is 2.59. The molecule has 0 saturated heterocycles. The first-order valence-corrected chi connectivity index (χ1v) is 13.4. The first-order valence-electron chi connectivity index (χ1n) is 11.7. The Bertz CT molecular complexity index is 1070. The Morgan fingerprint density at radius 3 is 2.06 bits per heavy atom. The van der Waals surface area contributed by atoms with Crippen LogP contribution in [0.4, 0.5) is 17.6 Å². The van der Waals surface area contributed by atoms with E-state index < -0.39 is 38.3 Å². The van der Waals surface area contributed by atoms with Gasteiger partial charge in [-0.3, -0.25) is 4.79 Å². The van der Waals surface area contributed by atoms with E-state index in [9.17, 15) is 30.8 Å². The van der Waals surface area contributed by atoms with E-state index in [1.807, 2.05) is 0 Å². The van der Waals surface area contributed by atoms with E-state index in [-0.39, 0.29) is 42.2 Å². The molecular weight excluding hydrogens is 488 g/mol. The minimum Gasteiger partial charge on any atom is -0.489 e. The Morgan fingerprint density at radius 1 is 1.03 bits per heavy atom. The van der Waals surface area contributed by atoms with Gasteiger partial charge >= 0.3 is 6.18 Å². The summed E-state index contributed by atoms with van der Waals surface area (Å²) in [7, 11) is -3.62. The van der Waals surface area contributed by atoms with Gasteiger partial charge in [0.15, 0.2) is 9.84 Å². The van der Waals surface area contributed by atoms with Crippen LogP contribution in [0, 0.1) is 10.8 Å². The number of hydrogen-bond acceptors (Lipinski definition) is 5. The molecule has 4 aliphatic rings. The van der Waals surface area contributed by atoms with Crippen molar-refractivity contribution in [3.63, 3.8) is 0 Å². The molecule has 0 atom stereocenters. The minimum atomic E-state index is -4.55. The van der Waals surface area contributed by atoms with E-state index >= 15 is 0 Å². The molecule has 0 spiro atoms. The van der Waals surface area contributed by atoms with Gasteiger partial charge in [0.1, 0.15) is 17.8 Å². The normalized spacial score (nSPS) is 28.0. The molecule has 0 radical (unpaired) electrons. The lowest BCUT2D eigenvalue weighted by molar-refractivity contribution is -0.194. The van der Waals surface area contributed by atoms with E-state index in [2.05, 4.69) is 5.32 Å². The summed E-state index contributed by atoms with van der Waals surface area (Å²) < 4.78 is 84.3. The zero-order chi connectivity index (χ0) is 25.5. The summed E-state index contributed by atoms with van der Waals surface area (Å²) in [5.41, 5.74) is 2.27. The van der Waals surface area contributed by atoms with E-state index in [4.69, 9.17) is 10.5 Å². The molecule has 11 heteroatoms. The first kappa shape index (κ1) is 25.9. The first-order chi connectivity index (χ1) is 16.4. The number of halogens is 4. The van der Waals surface area contributed by atoms with Crippen LogP contribution < -0.4 is 15.8 Å². The second-order valence-electron chi connectivity index (χ2n) is 10.3. The number of alkyl halides is 3. The third-order valence-electron chi connectivity index (χ3n) is 8.03. The molecule has 0 heterocycles. The topological polar surface area (TPSA) is 98.5 Å². The van der Waals surface area contributed by atoms with Gasteiger partial charge in [0.25, 0.3) is 0 Å². The summed E-state index contributed by atoms with van der Waals surface area (Å²) in [5.74, 6) is -0.605. The summed E-state index contributed by atoms with van der Waals surface area (Å²) >= 11 is 0. The van der Waals surface area contributed by atoms with Gasteiger partial charge in [-0.25, -0.2) is 12.8 Å². The number of ether oxygens (including phenoxy) is 1. The van der Waals surface area contributed by atoms with Crippen molar-refractivity contribution in [2.45, 2.75) is 68.0 Å². The van der Waals surface area contributed by atoms with Crippen LogP contribution in [0.15, 0.2) is 41.1 Å². The fourth-order valence-corrected chi connectivity index (χ4v) is 7.29. The van der Waals surface area contributed by atoms with Crippen molar-refractivity contribution in [1.82, 2.24) is 5.32 Å². The molecule has 4 saturated carbocycles. The predicted molar refractivity (Wildman–Crippen MR) is 121 cm³/mol. The molecule has 1 amide bonds. The summed E-state index contributed by atoms with van der Waals surface area (Å²) in [6, 6.07) is 5.91. The smallest absolute Gasteiger partial charge is 0.403 e. The van der Waals surface area contributed by atoms with E-state index in [1.54, 1.807) is 0 Å². The average Bonchev–Trinajstić information content (AvgIpc) is 3.64. The standard InChI is InChI=1S/C24H30F4N2O4S/c25-13-17(14-29)15-34-18-1-3-19(4-2-18)35(32,33)16-21-5-8-22(9-6-21,10-7-21)30-20(31)23(11-12-23)24(26,27)28/h1-4,13H,5-12,14-16,29H2,(H,30,31)/b17-13+. The number of nitrogens with one attached hydrogen (secondary N) is 1. The number of carbonyl (C=O) groups is 1.